The van der Waals surface area contributed by atoms with E-state index in [-0.39, 0.29) is 24.9 Å². The molecule has 3 fully saturated rings. The second kappa shape index (κ2) is 14.1. The molecule has 1 aromatic carbocycles. The number of rotatable bonds is 8. The average Bonchev–Trinajstić information content (AvgIpc) is 3.53. The predicted octanol–water partition coefficient (Wildman–Crippen LogP) is 5.23. The van der Waals surface area contributed by atoms with E-state index in [1.165, 1.54) is 5.56 Å². The van der Waals surface area contributed by atoms with Gasteiger partial charge in [-0.3, -0.25) is 4.98 Å². The third-order valence-electron chi connectivity index (χ3n) is 7.61. The molecule has 0 radical (unpaired) electrons. The lowest BCUT2D eigenvalue weighted by atomic mass is 10.1. The maximum atomic E-state index is 6.22. The molecule has 6 rings (SSSR count). The number of anilines is 1. The summed E-state index contributed by atoms with van der Waals surface area (Å²) in [6.07, 6.45) is 1.35. The van der Waals surface area contributed by atoms with Crippen LogP contribution in [0, 0.1) is 13.8 Å². The molecule has 0 bridgehead atoms. The minimum atomic E-state index is -0.634. The number of hydrogen-bond acceptors (Lipinski definition) is 11. The second-order valence-electron chi connectivity index (χ2n) is 11.8. The smallest absolute Gasteiger partial charge is 0.263 e. The average molecular weight is 609 g/mol. The Morgan fingerprint density at radius 3 is 2.43 bits per heavy atom. The van der Waals surface area contributed by atoms with E-state index in [2.05, 4.69) is 35.9 Å². The van der Waals surface area contributed by atoms with Crippen molar-refractivity contribution in [2.24, 2.45) is 0 Å². The number of morpholine rings is 1. The molecule has 0 unspecified atom stereocenters. The largest absolute Gasteiger partial charge is 0.493 e. The Kier molecular flexibility index (Phi) is 10.2. The molecule has 3 atom stereocenters. The Bertz CT molecular complexity index is 1380. The van der Waals surface area contributed by atoms with Gasteiger partial charge in [-0.1, -0.05) is 32.0 Å². The number of methoxy groups -OCH3 is 1. The molecule has 0 N–H and O–H groups in total. The molecule has 0 amide bonds. The zero-order valence-corrected chi connectivity index (χ0v) is 26.7. The van der Waals surface area contributed by atoms with E-state index in [0.29, 0.717) is 73.6 Å². The Balaban J connectivity index is 0.000000328. The number of fused-ring (bicyclic) bond motifs is 1. The van der Waals surface area contributed by atoms with Crippen LogP contribution in [0.15, 0.2) is 42.6 Å². The zero-order valence-electron chi connectivity index (χ0n) is 26.7. The van der Waals surface area contributed by atoms with Gasteiger partial charge in [-0.2, -0.15) is 4.98 Å². The van der Waals surface area contributed by atoms with Crippen LogP contribution < -0.4 is 19.1 Å². The van der Waals surface area contributed by atoms with E-state index in [9.17, 15) is 0 Å². The Hall–Kier alpha value is -3.51. The number of pyridine rings is 1. The van der Waals surface area contributed by atoms with Gasteiger partial charge in [0.25, 0.3) is 5.88 Å². The Morgan fingerprint density at radius 1 is 1.00 bits per heavy atom. The quantitative estimate of drug-likeness (QED) is 0.335. The summed E-state index contributed by atoms with van der Waals surface area (Å²) in [7, 11) is 1.60. The van der Waals surface area contributed by atoms with Crippen LogP contribution in [0.25, 0.3) is 0 Å². The van der Waals surface area contributed by atoms with Crippen molar-refractivity contribution in [3.05, 3.63) is 59.5 Å². The molecular weight excluding hydrogens is 564 g/mol. The van der Waals surface area contributed by atoms with E-state index in [1.54, 1.807) is 7.11 Å². The molecule has 238 valence electrons. The van der Waals surface area contributed by atoms with Crippen LogP contribution in [0.5, 0.6) is 23.1 Å². The number of benzene rings is 1. The molecule has 0 spiro atoms. The first-order chi connectivity index (χ1) is 21.1. The molecule has 3 aliphatic rings. The van der Waals surface area contributed by atoms with Crippen LogP contribution >= 0.6 is 0 Å². The van der Waals surface area contributed by atoms with Crippen molar-refractivity contribution in [1.82, 2.24) is 15.0 Å². The molecule has 0 aliphatic carbocycles. The highest BCUT2D eigenvalue weighted by molar-refractivity contribution is 5.49. The molecule has 11 nitrogen and oxygen atoms in total. The van der Waals surface area contributed by atoms with Crippen molar-refractivity contribution >= 4 is 5.95 Å². The van der Waals surface area contributed by atoms with Crippen LogP contribution in [-0.2, 0) is 18.9 Å². The minimum absolute atomic E-state index is 0.107. The van der Waals surface area contributed by atoms with Gasteiger partial charge in [0, 0.05) is 25.0 Å². The first kappa shape index (κ1) is 31.9. The molecule has 11 heteroatoms. The van der Waals surface area contributed by atoms with Crippen molar-refractivity contribution in [3.8, 4) is 23.1 Å². The van der Waals surface area contributed by atoms with Crippen molar-refractivity contribution in [2.45, 2.75) is 71.6 Å². The molecule has 3 aliphatic heterocycles. The fourth-order valence-corrected chi connectivity index (χ4v) is 5.20. The highest BCUT2D eigenvalue weighted by Crippen LogP contribution is 2.39. The molecule has 3 saturated heterocycles. The molecule has 2 aromatic heterocycles. The molecular formula is C33H44N4O7. The monoisotopic (exact) mass is 608 g/mol. The third-order valence-corrected chi connectivity index (χ3v) is 7.61. The SMILES string of the molecule is COc1ccccc1Oc1c(C)nc(N2CCOCC2)nc1OC[C@H]1OC[C@@H]2OC(C)(C)O[C@@H]21.Cc1ccc(C(C)C)cn1. The van der Waals surface area contributed by atoms with E-state index < -0.39 is 5.79 Å². The summed E-state index contributed by atoms with van der Waals surface area (Å²) in [4.78, 5) is 15.7. The van der Waals surface area contributed by atoms with Gasteiger partial charge in [0.15, 0.2) is 17.3 Å². The van der Waals surface area contributed by atoms with E-state index in [0.717, 1.165) is 5.69 Å². The summed E-state index contributed by atoms with van der Waals surface area (Å²) in [5.41, 5.74) is 3.05. The van der Waals surface area contributed by atoms with Crippen LogP contribution in [-0.4, -0.2) is 85.7 Å². The van der Waals surface area contributed by atoms with Crippen molar-refractivity contribution in [2.75, 3.05) is 51.5 Å². The summed E-state index contributed by atoms with van der Waals surface area (Å²) in [5.74, 6) is 2.45. The lowest BCUT2D eigenvalue weighted by Gasteiger charge is -2.28. The summed E-state index contributed by atoms with van der Waals surface area (Å²) >= 11 is 0. The summed E-state index contributed by atoms with van der Waals surface area (Å²) in [5, 5.41) is 0. The number of aromatic nitrogens is 3. The number of para-hydroxylation sites is 2. The normalized spacial score (nSPS) is 22.3. The third kappa shape index (κ3) is 7.76. The first-order valence-electron chi connectivity index (χ1n) is 15.2. The van der Waals surface area contributed by atoms with Gasteiger partial charge < -0.3 is 38.1 Å². The van der Waals surface area contributed by atoms with Crippen molar-refractivity contribution in [3.63, 3.8) is 0 Å². The number of nitrogens with zero attached hydrogens (tertiary/aromatic N) is 4. The van der Waals surface area contributed by atoms with Crippen LogP contribution in [0.2, 0.25) is 0 Å². The van der Waals surface area contributed by atoms with Crippen LogP contribution in [0.3, 0.4) is 0 Å². The molecule has 5 heterocycles. The van der Waals surface area contributed by atoms with Gasteiger partial charge in [0.1, 0.15) is 24.9 Å². The van der Waals surface area contributed by atoms with E-state index in [4.69, 9.17) is 43.1 Å². The topological polar surface area (TPSA) is 107 Å². The van der Waals surface area contributed by atoms with Gasteiger partial charge in [-0.05, 0) is 57.4 Å². The van der Waals surface area contributed by atoms with Crippen LogP contribution in [0.1, 0.15) is 50.6 Å². The Morgan fingerprint density at radius 2 is 1.75 bits per heavy atom. The van der Waals surface area contributed by atoms with Gasteiger partial charge in [-0.15, -0.1) is 0 Å². The predicted molar refractivity (Wildman–Crippen MR) is 165 cm³/mol. The summed E-state index contributed by atoms with van der Waals surface area (Å²) in [6, 6.07) is 11.6. The summed E-state index contributed by atoms with van der Waals surface area (Å²) in [6.45, 7) is 15.4. The van der Waals surface area contributed by atoms with E-state index in [1.807, 2.05) is 58.2 Å². The Labute approximate surface area is 259 Å². The van der Waals surface area contributed by atoms with Gasteiger partial charge in [0.2, 0.25) is 11.7 Å². The zero-order chi connectivity index (χ0) is 31.3. The first-order valence-corrected chi connectivity index (χ1v) is 15.2. The number of aryl methyl sites for hydroxylation is 2. The fraction of sp³-hybridized carbons (Fsp3) is 0.545. The second-order valence-corrected chi connectivity index (χ2v) is 11.8. The number of hydrogen-bond donors (Lipinski definition) is 0. The van der Waals surface area contributed by atoms with Gasteiger partial charge >= 0.3 is 0 Å². The van der Waals surface area contributed by atoms with Crippen LogP contribution in [0.4, 0.5) is 5.95 Å². The molecule has 0 saturated carbocycles. The maximum absolute atomic E-state index is 6.22. The van der Waals surface area contributed by atoms with Gasteiger partial charge in [0.05, 0.1) is 32.6 Å². The minimum Gasteiger partial charge on any atom is -0.493 e. The van der Waals surface area contributed by atoms with Crippen molar-refractivity contribution in [1.29, 1.82) is 0 Å². The highest BCUT2D eigenvalue weighted by Gasteiger charge is 2.50. The lowest BCUT2D eigenvalue weighted by Crippen LogP contribution is -2.37. The highest BCUT2D eigenvalue weighted by atomic mass is 16.8. The van der Waals surface area contributed by atoms with Crippen molar-refractivity contribution < 1.29 is 33.2 Å². The van der Waals surface area contributed by atoms with Gasteiger partial charge in [-0.25, -0.2) is 4.98 Å². The lowest BCUT2D eigenvalue weighted by molar-refractivity contribution is -0.177. The standard InChI is InChI=1S/C24H31N3O7.C9H13N/c1-15-20(32-17-8-6-5-7-16(17)28-4)22(26-23(25-15)27-9-11-29-12-10-27)31-13-18-21-19(14-30-18)33-24(2,3)34-21;1-7(2)9-5-4-8(3)10-6-9/h5-8,18-19,21H,9-14H2,1-4H3;4-7H,1-3H3/t18-,19+,21-;/m1./s1. The van der Waals surface area contributed by atoms with E-state index >= 15 is 0 Å². The molecule has 44 heavy (non-hydrogen) atoms. The molecule has 3 aromatic rings. The number of ether oxygens (including phenoxy) is 7. The summed E-state index contributed by atoms with van der Waals surface area (Å²) < 4.78 is 41.2. The fourth-order valence-electron chi connectivity index (χ4n) is 5.20. The maximum Gasteiger partial charge on any atom is 0.263 e.